The van der Waals surface area contributed by atoms with E-state index in [0.717, 1.165) is 16.6 Å². The summed E-state index contributed by atoms with van der Waals surface area (Å²) in [5.41, 5.74) is 2.20. The fourth-order valence-corrected chi connectivity index (χ4v) is 2.56. The second kappa shape index (κ2) is 5.14. The van der Waals surface area contributed by atoms with Gasteiger partial charge in [0.1, 0.15) is 0 Å². The van der Waals surface area contributed by atoms with E-state index in [9.17, 15) is 4.79 Å². The molecule has 2 rings (SSSR count). The highest BCUT2D eigenvalue weighted by atomic mass is 32.1. The van der Waals surface area contributed by atoms with Crippen LogP contribution >= 0.6 is 11.3 Å². The van der Waals surface area contributed by atoms with Crippen molar-refractivity contribution in [3.05, 3.63) is 23.8 Å². The van der Waals surface area contributed by atoms with Crippen LogP contribution in [-0.2, 0) is 6.42 Å². The minimum atomic E-state index is -0.204. The van der Waals surface area contributed by atoms with E-state index in [0.29, 0.717) is 11.7 Å². The van der Waals surface area contributed by atoms with E-state index in [1.807, 2.05) is 19.1 Å². The Morgan fingerprint density at radius 1 is 1.41 bits per heavy atom. The van der Waals surface area contributed by atoms with Gasteiger partial charge in [0, 0.05) is 6.54 Å². The molecule has 0 bridgehead atoms. The Kier molecular flexibility index (Phi) is 3.58. The van der Waals surface area contributed by atoms with E-state index >= 15 is 0 Å². The van der Waals surface area contributed by atoms with Crippen LogP contribution in [0.3, 0.4) is 0 Å². The van der Waals surface area contributed by atoms with Crippen LogP contribution in [0.1, 0.15) is 19.4 Å². The highest BCUT2D eigenvalue weighted by molar-refractivity contribution is 7.22. The molecule has 1 heterocycles. The normalized spacial score (nSPS) is 10.5. The number of carbonyl (C=O) groups excluding carboxylic acids is 1. The standard InChI is InChI=1S/C12H15N3OS/c1-3-8-6-5-7-9-10(8)14-12(17-9)15-11(16)13-4-2/h5-7H,3-4H2,1-2H3,(H2,13,14,15,16). The molecule has 1 aromatic heterocycles. The fraction of sp³-hybridized carbons (Fsp3) is 0.333. The Labute approximate surface area is 104 Å². The Hall–Kier alpha value is -1.62. The number of nitrogens with one attached hydrogen (secondary N) is 2. The molecule has 0 saturated heterocycles. The molecule has 0 unspecified atom stereocenters. The molecule has 1 aromatic carbocycles. The first kappa shape index (κ1) is 11.9. The predicted octanol–water partition coefficient (Wildman–Crippen LogP) is 3.00. The number of nitrogens with zero attached hydrogens (tertiary/aromatic N) is 1. The highest BCUT2D eigenvalue weighted by Crippen LogP contribution is 2.28. The number of para-hydroxylation sites is 1. The van der Waals surface area contributed by atoms with Gasteiger partial charge < -0.3 is 5.32 Å². The average molecular weight is 249 g/mol. The second-order valence-electron chi connectivity index (χ2n) is 3.62. The van der Waals surface area contributed by atoms with Crippen LogP contribution in [0.5, 0.6) is 0 Å². The third-order valence-corrected chi connectivity index (χ3v) is 3.38. The van der Waals surface area contributed by atoms with Crippen LogP contribution in [0.2, 0.25) is 0 Å². The van der Waals surface area contributed by atoms with Crippen molar-refractivity contribution in [3.8, 4) is 0 Å². The molecule has 0 aliphatic heterocycles. The van der Waals surface area contributed by atoms with Gasteiger partial charge in [0.05, 0.1) is 10.2 Å². The number of aromatic nitrogens is 1. The molecule has 0 radical (unpaired) electrons. The predicted molar refractivity (Wildman–Crippen MR) is 71.7 cm³/mol. The van der Waals surface area contributed by atoms with Gasteiger partial charge in [0.15, 0.2) is 5.13 Å². The summed E-state index contributed by atoms with van der Waals surface area (Å²) in [5.74, 6) is 0. The van der Waals surface area contributed by atoms with Gasteiger partial charge in [-0.15, -0.1) is 0 Å². The lowest BCUT2D eigenvalue weighted by Gasteiger charge is -2.00. The molecule has 0 atom stereocenters. The third-order valence-electron chi connectivity index (χ3n) is 2.44. The molecular formula is C12H15N3OS. The van der Waals surface area contributed by atoms with Gasteiger partial charge >= 0.3 is 6.03 Å². The van der Waals surface area contributed by atoms with E-state index in [1.165, 1.54) is 16.9 Å². The Bertz CT molecular complexity index is 536. The monoisotopic (exact) mass is 249 g/mol. The first-order chi connectivity index (χ1) is 8.24. The lowest BCUT2D eigenvalue weighted by molar-refractivity contribution is 0.252. The summed E-state index contributed by atoms with van der Waals surface area (Å²) < 4.78 is 1.11. The molecule has 0 saturated carbocycles. The topological polar surface area (TPSA) is 54.0 Å². The summed E-state index contributed by atoms with van der Waals surface area (Å²) in [6.07, 6.45) is 0.946. The minimum absolute atomic E-state index is 0.204. The Morgan fingerprint density at radius 2 is 2.24 bits per heavy atom. The van der Waals surface area contributed by atoms with Crippen molar-refractivity contribution in [2.45, 2.75) is 20.3 Å². The van der Waals surface area contributed by atoms with Crippen LogP contribution in [0.25, 0.3) is 10.2 Å². The molecule has 90 valence electrons. The molecule has 17 heavy (non-hydrogen) atoms. The average Bonchev–Trinajstić information content (AvgIpc) is 2.70. The smallest absolute Gasteiger partial charge is 0.321 e. The lowest BCUT2D eigenvalue weighted by Crippen LogP contribution is -2.28. The van der Waals surface area contributed by atoms with Gasteiger partial charge in [-0.2, -0.15) is 0 Å². The largest absolute Gasteiger partial charge is 0.338 e. The van der Waals surface area contributed by atoms with Gasteiger partial charge in [-0.1, -0.05) is 30.4 Å². The number of anilines is 1. The molecule has 2 amide bonds. The van der Waals surface area contributed by atoms with E-state index < -0.39 is 0 Å². The number of amides is 2. The molecule has 0 aliphatic carbocycles. The van der Waals surface area contributed by atoms with Crippen LogP contribution in [0, 0.1) is 0 Å². The molecule has 0 spiro atoms. The summed E-state index contributed by atoms with van der Waals surface area (Å²) in [4.78, 5) is 15.8. The first-order valence-electron chi connectivity index (χ1n) is 5.67. The number of fused-ring (bicyclic) bond motifs is 1. The molecule has 2 aromatic rings. The minimum Gasteiger partial charge on any atom is -0.338 e. The quantitative estimate of drug-likeness (QED) is 0.878. The van der Waals surface area contributed by atoms with Crippen molar-refractivity contribution >= 4 is 32.7 Å². The van der Waals surface area contributed by atoms with Gasteiger partial charge in [-0.25, -0.2) is 9.78 Å². The molecule has 5 heteroatoms. The third kappa shape index (κ3) is 2.55. The molecular weight excluding hydrogens is 234 g/mol. The van der Waals surface area contributed by atoms with Gasteiger partial charge in [-0.3, -0.25) is 5.32 Å². The number of aryl methyl sites for hydroxylation is 1. The second-order valence-corrected chi connectivity index (χ2v) is 4.65. The Morgan fingerprint density at radius 3 is 2.94 bits per heavy atom. The number of urea groups is 1. The van der Waals surface area contributed by atoms with Crippen LogP contribution < -0.4 is 10.6 Å². The fourth-order valence-electron chi connectivity index (χ4n) is 1.65. The van der Waals surface area contributed by atoms with E-state index in [4.69, 9.17) is 0 Å². The molecule has 2 N–H and O–H groups in total. The summed E-state index contributed by atoms with van der Waals surface area (Å²) in [6, 6.07) is 5.91. The Balaban J connectivity index is 2.28. The van der Waals surface area contributed by atoms with Gasteiger partial charge in [0.2, 0.25) is 0 Å². The van der Waals surface area contributed by atoms with Gasteiger partial charge in [0.25, 0.3) is 0 Å². The van der Waals surface area contributed by atoms with E-state index in [2.05, 4.69) is 28.6 Å². The highest BCUT2D eigenvalue weighted by Gasteiger charge is 2.08. The molecule has 0 aliphatic rings. The number of rotatable bonds is 3. The number of thiazole rings is 1. The van der Waals surface area contributed by atoms with Gasteiger partial charge in [-0.05, 0) is 25.0 Å². The number of carbonyl (C=O) groups is 1. The summed E-state index contributed by atoms with van der Waals surface area (Å²) in [7, 11) is 0. The van der Waals surface area contributed by atoms with Crippen molar-refractivity contribution in [2.24, 2.45) is 0 Å². The number of hydrogen-bond donors (Lipinski definition) is 2. The SMILES string of the molecule is CCNC(=O)Nc1nc2c(CC)cccc2s1. The first-order valence-corrected chi connectivity index (χ1v) is 6.49. The summed E-state index contributed by atoms with van der Waals surface area (Å²) in [5, 5.41) is 6.07. The summed E-state index contributed by atoms with van der Waals surface area (Å²) in [6.45, 7) is 4.59. The summed E-state index contributed by atoms with van der Waals surface area (Å²) >= 11 is 1.50. The van der Waals surface area contributed by atoms with Crippen LogP contribution in [0.15, 0.2) is 18.2 Å². The maximum absolute atomic E-state index is 11.4. The maximum Gasteiger partial charge on any atom is 0.321 e. The number of hydrogen-bond acceptors (Lipinski definition) is 3. The van der Waals surface area contributed by atoms with Crippen molar-refractivity contribution in [1.29, 1.82) is 0 Å². The van der Waals surface area contributed by atoms with E-state index in [-0.39, 0.29) is 6.03 Å². The molecule has 0 fully saturated rings. The van der Waals surface area contributed by atoms with Crippen molar-refractivity contribution in [2.75, 3.05) is 11.9 Å². The molecule has 4 nitrogen and oxygen atoms in total. The van der Waals surface area contributed by atoms with Crippen molar-refractivity contribution < 1.29 is 4.79 Å². The van der Waals surface area contributed by atoms with Crippen molar-refractivity contribution in [3.63, 3.8) is 0 Å². The zero-order chi connectivity index (χ0) is 12.3. The zero-order valence-corrected chi connectivity index (χ0v) is 10.7. The lowest BCUT2D eigenvalue weighted by atomic mass is 10.1. The van der Waals surface area contributed by atoms with Crippen molar-refractivity contribution in [1.82, 2.24) is 10.3 Å². The van der Waals surface area contributed by atoms with Crippen LogP contribution in [0.4, 0.5) is 9.93 Å². The number of benzene rings is 1. The maximum atomic E-state index is 11.4. The van der Waals surface area contributed by atoms with Crippen LogP contribution in [-0.4, -0.2) is 17.6 Å². The zero-order valence-electron chi connectivity index (χ0n) is 9.91. The van der Waals surface area contributed by atoms with E-state index in [1.54, 1.807) is 0 Å².